The molecule has 4 N–H and O–H groups in total. The van der Waals surface area contributed by atoms with E-state index < -0.39 is 11.9 Å². The maximum Gasteiger partial charge on any atom is 0.414 e. The van der Waals surface area contributed by atoms with Gasteiger partial charge in [0.2, 0.25) is 5.91 Å². The predicted octanol–water partition coefficient (Wildman–Crippen LogP) is 3.57. The van der Waals surface area contributed by atoms with Crippen LogP contribution in [0.15, 0.2) is 42.5 Å². The Kier molecular flexibility index (Phi) is 9.44. The first-order valence-corrected chi connectivity index (χ1v) is 8.86. The molecule has 0 saturated heterocycles. The zero-order valence-electron chi connectivity index (χ0n) is 15.2. The van der Waals surface area contributed by atoms with Crippen molar-refractivity contribution in [2.75, 3.05) is 5.32 Å². The number of carboxylic acids is 2. The van der Waals surface area contributed by atoms with Gasteiger partial charge in [-0.2, -0.15) is 0 Å². The largest absolute Gasteiger partial charge is 0.473 e. The Balaban J connectivity index is 0.000000568. The van der Waals surface area contributed by atoms with Gasteiger partial charge in [-0.25, -0.2) is 9.59 Å². The summed E-state index contributed by atoms with van der Waals surface area (Å²) in [6.07, 6.45) is 0. The maximum atomic E-state index is 12.2. The molecule has 9 heteroatoms. The number of aliphatic carboxylic acids is 2. The molecular weight excluding hydrogens is 407 g/mol. The van der Waals surface area contributed by atoms with Crippen LogP contribution < -0.4 is 10.6 Å². The summed E-state index contributed by atoms with van der Waals surface area (Å²) < 4.78 is 0. The van der Waals surface area contributed by atoms with Crippen molar-refractivity contribution >= 4 is 46.7 Å². The Bertz CT molecular complexity index is 829. The Morgan fingerprint density at radius 1 is 1.00 bits per heavy atom. The number of carbonyl (C=O) groups excluding carboxylic acids is 1. The van der Waals surface area contributed by atoms with Crippen LogP contribution in [0.1, 0.15) is 18.1 Å². The van der Waals surface area contributed by atoms with Crippen LogP contribution in [0.25, 0.3) is 0 Å². The third kappa shape index (κ3) is 8.39. The minimum Gasteiger partial charge on any atom is -0.473 e. The molecule has 2 rings (SSSR count). The number of anilines is 1. The van der Waals surface area contributed by atoms with E-state index in [-0.39, 0.29) is 11.9 Å². The first-order chi connectivity index (χ1) is 13.1. The van der Waals surface area contributed by atoms with E-state index in [1.54, 1.807) is 18.2 Å². The molecule has 0 spiro atoms. The lowest BCUT2D eigenvalue weighted by Gasteiger charge is -2.15. The van der Waals surface area contributed by atoms with Gasteiger partial charge in [0.25, 0.3) is 0 Å². The highest BCUT2D eigenvalue weighted by molar-refractivity contribution is 6.36. The molecule has 28 heavy (non-hydrogen) atoms. The second kappa shape index (κ2) is 11.3. The number of carboxylic acid groups (broad SMARTS) is 2. The highest BCUT2D eigenvalue weighted by Gasteiger charge is 2.14. The third-order valence-corrected chi connectivity index (χ3v) is 4.05. The van der Waals surface area contributed by atoms with E-state index in [0.717, 1.165) is 5.56 Å². The quantitative estimate of drug-likeness (QED) is 0.543. The summed E-state index contributed by atoms with van der Waals surface area (Å²) in [4.78, 5) is 30.4. The lowest BCUT2D eigenvalue weighted by Crippen LogP contribution is -2.37. The van der Waals surface area contributed by atoms with Gasteiger partial charge in [-0.3, -0.25) is 4.79 Å². The Morgan fingerprint density at radius 3 is 2.07 bits per heavy atom. The van der Waals surface area contributed by atoms with Crippen molar-refractivity contribution in [1.82, 2.24) is 5.32 Å². The summed E-state index contributed by atoms with van der Waals surface area (Å²) in [6, 6.07) is 12.8. The highest BCUT2D eigenvalue weighted by Crippen LogP contribution is 2.25. The topological polar surface area (TPSA) is 116 Å². The molecule has 1 atom stereocenters. The van der Waals surface area contributed by atoms with E-state index in [0.29, 0.717) is 22.3 Å². The molecule has 0 radical (unpaired) electrons. The van der Waals surface area contributed by atoms with Crippen LogP contribution in [-0.2, 0) is 20.9 Å². The van der Waals surface area contributed by atoms with Crippen molar-refractivity contribution in [3.05, 3.63) is 63.6 Å². The van der Waals surface area contributed by atoms with Crippen molar-refractivity contribution in [2.24, 2.45) is 0 Å². The Hall–Kier alpha value is -2.61. The Labute approximate surface area is 172 Å². The molecule has 0 aliphatic rings. The number of hydrogen-bond donors (Lipinski definition) is 4. The number of hydrogen-bond acceptors (Lipinski definition) is 4. The average Bonchev–Trinajstić information content (AvgIpc) is 2.63. The second-order valence-electron chi connectivity index (χ2n) is 5.81. The molecule has 1 amide bonds. The van der Waals surface area contributed by atoms with E-state index in [2.05, 4.69) is 22.8 Å². The maximum absolute atomic E-state index is 12.2. The number of aryl methyl sites for hydroxylation is 1. The van der Waals surface area contributed by atoms with Gasteiger partial charge in [-0.05, 0) is 37.6 Å². The Morgan fingerprint density at radius 2 is 1.57 bits per heavy atom. The van der Waals surface area contributed by atoms with Crippen LogP contribution >= 0.6 is 23.2 Å². The minimum atomic E-state index is -1.82. The smallest absolute Gasteiger partial charge is 0.414 e. The standard InChI is InChI=1S/C17H18Cl2N2O.C2H2O4/c1-11-3-5-13(6-4-11)10-20-12(2)17(22)21-16-8-7-14(18)9-15(16)19;3-1(4)2(5)6/h3-9,12,20H,10H2,1-2H3,(H,21,22);(H,3,4)(H,5,6). The van der Waals surface area contributed by atoms with Gasteiger partial charge in [0.1, 0.15) is 0 Å². The van der Waals surface area contributed by atoms with Crippen molar-refractivity contribution in [1.29, 1.82) is 0 Å². The van der Waals surface area contributed by atoms with Gasteiger partial charge in [0.05, 0.1) is 16.8 Å². The lowest BCUT2D eigenvalue weighted by molar-refractivity contribution is -0.159. The molecule has 1 unspecified atom stereocenters. The molecule has 7 nitrogen and oxygen atoms in total. The van der Waals surface area contributed by atoms with E-state index in [4.69, 9.17) is 43.0 Å². The lowest BCUT2D eigenvalue weighted by atomic mass is 10.1. The second-order valence-corrected chi connectivity index (χ2v) is 6.66. The first-order valence-electron chi connectivity index (χ1n) is 8.11. The summed E-state index contributed by atoms with van der Waals surface area (Å²) in [5.74, 6) is -3.79. The normalized spacial score (nSPS) is 11.0. The van der Waals surface area contributed by atoms with Gasteiger partial charge in [0, 0.05) is 11.6 Å². The average molecular weight is 427 g/mol. The summed E-state index contributed by atoms with van der Waals surface area (Å²) in [5, 5.41) is 21.7. The summed E-state index contributed by atoms with van der Waals surface area (Å²) in [5.41, 5.74) is 2.90. The molecule has 2 aromatic rings. The summed E-state index contributed by atoms with van der Waals surface area (Å²) >= 11 is 11.9. The fraction of sp³-hybridized carbons (Fsp3) is 0.211. The van der Waals surface area contributed by atoms with E-state index in [1.165, 1.54) is 5.56 Å². The minimum absolute atomic E-state index is 0.142. The fourth-order valence-electron chi connectivity index (χ4n) is 1.90. The molecule has 0 heterocycles. The van der Waals surface area contributed by atoms with Crippen molar-refractivity contribution in [3.63, 3.8) is 0 Å². The number of amides is 1. The SMILES string of the molecule is Cc1ccc(CNC(C)C(=O)Nc2ccc(Cl)cc2Cl)cc1.O=C(O)C(=O)O. The molecule has 0 aliphatic heterocycles. The number of rotatable bonds is 5. The molecule has 150 valence electrons. The van der Waals surface area contributed by atoms with Crippen molar-refractivity contribution in [2.45, 2.75) is 26.4 Å². The zero-order valence-corrected chi connectivity index (χ0v) is 16.7. The van der Waals surface area contributed by atoms with E-state index in [9.17, 15) is 4.79 Å². The highest BCUT2D eigenvalue weighted by atomic mass is 35.5. The molecular formula is C19H20Cl2N2O5. The monoisotopic (exact) mass is 426 g/mol. The van der Waals surface area contributed by atoms with Gasteiger partial charge in [-0.1, -0.05) is 53.0 Å². The molecule has 0 aliphatic carbocycles. The van der Waals surface area contributed by atoms with Gasteiger partial charge < -0.3 is 20.8 Å². The molecule has 0 saturated carbocycles. The molecule has 2 aromatic carbocycles. The van der Waals surface area contributed by atoms with Crippen LogP contribution in [0.4, 0.5) is 5.69 Å². The van der Waals surface area contributed by atoms with Crippen molar-refractivity contribution < 1.29 is 24.6 Å². The van der Waals surface area contributed by atoms with Crippen LogP contribution in [-0.4, -0.2) is 34.1 Å². The van der Waals surface area contributed by atoms with Crippen LogP contribution in [0.5, 0.6) is 0 Å². The predicted molar refractivity (Wildman–Crippen MR) is 108 cm³/mol. The zero-order chi connectivity index (χ0) is 21.3. The number of nitrogens with one attached hydrogen (secondary N) is 2. The third-order valence-electron chi connectivity index (χ3n) is 3.50. The van der Waals surface area contributed by atoms with Gasteiger partial charge in [0.15, 0.2) is 0 Å². The van der Waals surface area contributed by atoms with E-state index in [1.807, 2.05) is 26.0 Å². The summed E-state index contributed by atoms with van der Waals surface area (Å²) in [6.45, 7) is 4.49. The van der Waals surface area contributed by atoms with E-state index >= 15 is 0 Å². The van der Waals surface area contributed by atoms with Gasteiger partial charge >= 0.3 is 11.9 Å². The number of benzene rings is 2. The van der Waals surface area contributed by atoms with Crippen LogP contribution in [0, 0.1) is 6.92 Å². The van der Waals surface area contributed by atoms with Gasteiger partial charge in [-0.15, -0.1) is 0 Å². The fourth-order valence-corrected chi connectivity index (χ4v) is 2.36. The molecule has 0 bridgehead atoms. The number of carbonyl (C=O) groups is 3. The van der Waals surface area contributed by atoms with Crippen molar-refractivity contribution in [3.8, 4) is 0 Å². The molecule has 0 fully saturated rings. The summed E-state index contributed by atoms with van der Waals surface area (Å²) in [7, 11) is 0. The molecule has 0 aromatic heterocycles. The number of halogens is 2. The van der Waals surface area contributed by atoms with Crippen LogP contribution in [0.2, 0.25) is 10.0 Å². The van der Waals surface area contributed by atoms with Crippen LogP contribution in [0.3, 0.4) is 0 Å². The first kappa shape index (κ1) is 23.4.